The second kappa shape index (κ2) is 9.94. The van der Waals surface area contributed by atoms with E-state index < -0.39 is 17.5 Å². The van der Waals surface area contributed by atoms with Gasteiger partial charge in [-0.25, -0.2) is 9.18 Å². The maximum absolute atomic E-state index is 14.6. The van der Waals surface area contributed by atoms with Crippen LogP contribution in [0.3, 0.4) is 0 Å². The Labute approximate surface area is 182 Å². The van der Waals surface area contributed by atoms with Gasteiger partial charge in [-0.15, -0.1) is 0 Å². The zero-order chi connectivity index (χ0) is 22.4. The molecule has 0 spiro atoms. The van der Waals surface area contributed by atoms with Crippen LogP contribution in [-0.4, -0.2) is 17.7 Å². The molecular formula is C25H30FNO4. The lowest BCUT2D eigenvalue weighted by atomic mass is 9.78. The van der Waals surface area contributed by atoms with Gasteiger partial charge in [0, 0.05) is 0 Å². The Morgan fingerprint density at radius 2 is 1.71 bits per heavy atom. The summed E-state index contributed by atoms with van der Waals surface area (Å²) in [4.78, 5) is 24.2. The monoisotopic (exact) mass is 427 g/mol. The van der Waals surface area contributed by atoms with E-state index in [2.05, 4.69) is 5.32 Å². The molecule has 31 heavy (non-hydrogen) atoms. The Morgan fingerprint density at radius 1 is 1.03 bits per heavy atom. The number of hydrogen-bond acceptors (Lipinski definition) is 4. The molecule has 166 valence electrons. The van der Waals surface area contributed by atoms with Crippen molar-refractivity contribution in [2.45, 2.75) is 64.6 Å². The van der Waals surface area contributed by atoms with Gasteiger partial charge in [0.25, 0.3) is 0 Å². The van der Waals surface area contributed by atoms with Crippen LogP contribution in [0.25, 0.3) is 0 Å². The summed E-state index contributed by atoms with van der Waals surface area (Å²) in [6.45, 7) is 5.72. The zero-order valence-electron chi connectivity index (χ0n) is 18.3. The van der Waals surface area contributed by atoms with Crippen LogP contribution in [0.15, 0.2) is 48.5 Å². The van der Waals surface area contributed by atoms with E-state index >= 15 is 0 Å². The topological polar surface area (TPSA) is 64.6 Å². The van der Waals surface area contributed by atoms with Gasteiger partial charge in [-0.2, -0.15) is 0 Å². The number of carbonyl (C=O) groups excluding carboxylic acids is 2. The van der Waals surface area contributed by atoms with Gasteiger partial charge in [0.2, 0.25) is 0 Å². The average molecular weight is 428 g/mol. The summed E-state index contributed by atoms with van der Waals surface area (Å²) in [7, 11) is 0. The molecule has 2 aromatic carbocycles. The molecule has 1 amide bonds. The van der Waals surface area contributed by atoms with Crippen molar-refractivity contribution in [2.75, 3.05) is 5.32 Å². The molecule has 6 heteroatoms. The first-order chi connectivity index (χ1) is 14.7. The summed E-state index contributed by atoms with van der Waals surface area (Å²) in [5, 5.41) is 2.46. The normalized spacial score (nSPS) is 18.8. The zero-order valence-corrected chi connectivity index (χ0v) is 18.3. The number of anilines is 1. The van der Waals surface area contributed by atoms with Crippen LogP contribution in [-0.2, 0) is 20.9 Å². The first-order valence-corrected chi connectivity index (χ1v) is 10.7. The number of benzene rings is 2. The summed E-state index contributed by atoms with van der Waals surface area (Å²) < 4.78 is 25.2. The van der Waals surface area contributed by atoms with Crippen molar-refractivity contribution in [3.8, 4) is 0 Å². The smallest absolute Gasteiger partial charge is 0.412 e. The van der Waals surface area contributed by atoms with E-state index in [1.165, 1.54) is 6.07 Å². The van der Waals surface area contributed by atoms with Crippen molar-refractivity contribution in [1.82, 2.24) is 0 Å². The van der Waals surface area contributed by atoms with Crippen LogP contribution < -0.4 is 5.32 Å². The highest BCUT2D eigenvalue weighted by Crippen LogP contribution is 2.37. The van der Waals surface area contributed by atoms with Gasteiger partial charge >= 0.3 is 12.1 Å². The van der Waals surface area contributed by atoms with Crippen LogP contribution >= 0.6 is 0 Å². The third kappa shape index (κ3) is 6.81. The molecule has 1 aliphatic rings. The van der Waals surface area contributed by atoms with Crippen molar-refractivity contribution in [1.29, 1.82) is 0 Å². The van der Waals surface area contributed by atoms with Gasteiger partial charge in [-0.3, -0.25) is 10.1 Å². The van der Waals surface area contributed by atoms with Crippen LogP contribution in [0.1, 0.15) is 63.5 Å². The van der Waals surface area contributed by atoms with Crippen LogP contribution in [0.2, 0.25) is 0 Å². The average Bonchev–Trinajstić information content (AvgIpc) is 2.73. The van der Waals surface area contributed by atoms with E-state index in [0.29, 0.717) is 0 Å². The predicted octanol–water partition coefficient (Wildman–Crippen LogP) is 6.19. The van der Waals surface area contributed by atoms with Crippen molar-refractivity contribution in [3.63, 3.8) is 0 Å². The van der Waals surface area contributed by atoms with Gasteiger partial charge in [0.15, 0.2) is 0 Å². The van der Waals surface area contributed by atoms with Crippen LogP contribution in [0.4, 0.5) is 14.9 Å². The molecular weight excluding hydrogens is 397 g/mol. The van der Waals surface area contributed by atoms with E-state index in [1.807, 2.05) is 57.2 Å². The molecule has 1 saturated carbocycles. The molecule has 0 heterocycles. The molecule has 0 unspecified atom stereocenters. The van der Waals surface area contributed by atoms with Crippen molar-refractivity contribution >= 4 is 17.7 Å². The predicted molar refractivity (Wildman–Crippen MR) is 117 cm³/mol. The molecule has 3 rings (SSSR count). The summed E-state index contributed by atoms with van der Waals surface area (Å²) in [5.41, 5.74) is 1.34. The summed E-state index contributed by atoms with van der Waals surface area (Å²) in [6, 6.07) is 14.1. The lowest BCUT2D eigenvalue weighted by molar-refractivity contribution is -0.161. The highest BCUT2D eigenvalue weighted by molar-refractivity contribution is 5.84. The van der Waals surface area contributed by atoms with E-state index in [0.717, 1.165) is 36.8 Å². The highest BCUT2D eigenvalue weighted by Gasteiger charge is 2.30. The van der Waals surface area contributed by atoms with Crippen molar-refractivity contribution < 1.29 is 23.5 Å². The minimum Gasteiger partial charge on any atom is -0.460 e. The molecule has 1 fully saturated rings. The number of amides is 1. The SMILES string of the molecule is CC(C)(C)OC(=O)[C@H]1CC[C@@H](c2ccc(NC(=O)OCc3ccccc3)c(F)c2)CC1. The molecule has 0 atom stereocenters. The largest absolute Gasteiger partial charge is 0.460 e. The summed E-state index contributed by atoms with van der Waals surface area (Å²) in [5.74, 6) is -0.554. The summed E-state index contributed by atoms with van der Waals surface area (Å²) >= 11 is 0. The molecule has 0 aliphatic heterocycles. The third-order valence-electron chi connectivity index (χ3n) is 5.38. The Kier molecular flexibility index (Phi) is 7.31. The second-order valence-electron chi connectivity index (χ2n) is 9.01. The summed E-state index contributed by atoms with van der Waals surface area (Å²) in [6.07, 6.45) is 2.36. The second-order valence-corrected chi connectivity index (χ2v) is 9.01. The van der Waals surface area contributed by atoms with E-state index in [4.69, 9.17) is 9.47 Å². The van der Waals surface area contributed by atoms with Gasteiger partial charge < -0.3 is 9.47 Å². The Hall–Kier alpha value is -2.89. The molecule has 0 saturated heterocycles. The molecule has 0 bridgehead atoms. The first kappa shape index (κ1) is 22.8. The first-order valence-electron chi connectivity index (χ1n) is 10.7. The number of rotatable bonds is 5. The highest BCUT2D eigenvalue weighted by atomic mass is 19.1. The number of esters is 1. The number of hydrogen-bond donors (Lipinski definition) is 1. The van der Waals surface area contributed by atoms with E-state index in [-0.39, 0.29) is 30.1 Å². The van der Waals surface area contributed by atoms with Gasteiger partial charge in [-0.1, -0.05) is 36.4 Å². The molecule has 1 N–H and O–H groups in total. The lowest BCUT2D eigenvalue weighted by Crippen LogP contribution is -2.30. The van der Waals surface area contributed by atoms with Crippen LogP contribution in [0, 0.1) is 11.7 Å². The third-order valence-corrected chi connectivity index (χ3v) is 5.38. The van der Waals surface area contributed by atoms with Gasteiger partial charge in [-0.05, 0) is 75.6 Å². The van der Waals surface area contributed by atoms with E-state index in [1.54, 1.807) is 6.07 Å². The Bertz CT molecular complexity index is 899. The fourth-order valence-electron chi connectivity index (χ4n) is 3.80. The molecule has 0 radical (unpaired) electrons. The maximum Gasteiger partial charge on any atom is 0.412 e. The lowest BCUT2D eigenvalue weighted by Gasteiger charge is -2.30. The number of nitrogens with one attached hydrogen (secondary N) is 1. The standard InChI is InChI=1S/C25H30FNO4/c1-25(2,3)31-23(28)19-11-9-18(10-12-19)20-13-14-22(21(26)15-20)27-24(29)30-16-17-7-5-4-6-8-17/h4-8,13-15,18-19H,9-12,16H2,1-3H3,(H,27,29)/t18-,19+. The number of halogens is 1. The van der Waals surface area contributed by atoms with E-state index in [9.17, 15) is 14.0 Å². The fraction of sp³-hybridized carbons (Fsp3) is 0.440. The van der Waals surface area contributed by atoms with Gasteiger partial charge in [0.05, 0.1) is 11.6 Å². The molecule has 0 aromatic heterocycles. The minimum atomic E-state index is -0.701. The minimum absolute atomic E-state index is 0.0873. The van der Waals surface area contributed by atoms with Gasteiger partial charge in [0.1, 0.15) is 18.0 Å². The molecule has 2 aromatic rings. The number of carbonyl (C=O) groups is 2. The quantitative estimate of drug-likeness (QED) is 0.578. The molecule has 5 nitrogen and oxygen atoms in total. The maximum atomic E-state index is 14.6. The number of ether oxygens (including phenoxy) is 2. The Morgan fingerprint density at radius 3 is 2.32 bits per heavy atom. The van der Waals surface area contributed by atoms with Crippen molar-refractivity contribution in [3.05, 3.63) is 65.5 Å². The Balaban J connectivity index is 1.51. The van der Waals surface area contributed by atoms with Crippen molar-refractivity contribution in [2.24, 2.45) is 5.92 Å². The van der Waals surface area contributed by atoms with Crippen LogP contribution in [0.5, 0.6) is 0 Å². The fourth-order valence-corrected chi connectivity index (χ4v) is 3.80. The molecule has 1 aliphatic carbocycles.